The van der Waals surface area contributed by atoms with Gasteiger partial charge in [0.2, 0.25) is 0 Å². The maximum Gasteiger partial charge on any atom is 0.278 e. The first-order chi connectivity index (χ1) is 10.2. The van der Waals surface area contributed by atoms with Gasteiger partial charge in [-0.2, -0.15) is 0 Å². The molecule has 0 spiro atoms. The van der Waals surface area contributed by atoms with E-state index < -0.39 is 0 Å². The van der Waals surface area contributed by atoms with Crippen LogP contribution in [0.25, 0.3) is 0 Å². The Morgan fingerprint density at radius 2 is 2.10 bits per heavy atom. The van der Waals surface area contributed by atoms with Crippen LogP contribution in [0.2, 0.25) is 0 Å². The van der Waals surface area contributed by atoms with Crippen molar-refractivity contribution in [2.24, 2.45) is 5.92 Å². The summed E-state index contributed by atoms with van der Waals surface area (Å²) in [7, 11) is 1.77. The summed E-state index contributed by atoms with van der Waals surface area (Å²) in [6.45, 7) is 2.87. The molecule has 0 saturated heterocycles. The number of fused-ring (bicyclic) bond motifs is 1. The Balaban J connectivity index is 1.93. The van der Waals surface area contributed by atoms with Crippen LogP contribution in [-0.4, -0.2) is 29.5 Å². The number of anilines is 2. The summed E-state index contributed by atoms with van der Waals surface area (Å²) in [5.41, 5.74) is 2.57. The van der Waals surface area contributed by atoms with Crippen LogP contribution < -0.4 is 10.2 Å². The van der Waals surface area contributed by atoms with Crippen LogP contribution >= 0.6 is 0 Å². The van der Waals surface area contributed by atoms with Gasteiger partial charge in [0, 0.05) is 19.3 Å². The second kappa shape index (κ2) is 5.52. The average Bonchev–Trinajstić information content (AvgIpc) is 2.53. The Bertz CT molecular complexity index is 654. The number of nitrogens with zero attached hydrogens (tertiary/aromatic N) is 3. The van der Waals surface area contributed by atoms with Gasteiger partial charge >= 0.3 is 0 Å². The van der Waals surface area contributed by atoms with Gasteiger partial charge in [-0.25, -0.2) is 9.97 Å². The normalized spacial score (nSPS) is 17.2. The first kappa shape index (κ1) is 13.5. The van der Waals surface area contributed by atoms with Crippen molar-refractivity contribution in [3.8, 4) is 0 Å². The molecule has 1 aromatic heterocycles. The fourth-order valence-electron chi connectivity index (χ4n) is 2.69. The van der Waals surface area contributed by atoms with E-state index in [0.717, 1.165) is 12.1 Å². The maximum absolute atomic E-state index is 12.7. The fraction of sp³-hybridized carbons (Fsp3) is 0.312. The molecule has 1 aliphatic heterocycles. The highest BCUT2D eigenvalue weighted by Gasteiger charge is 2.27. The molecule has 1 N–H and O–H groups in total. The van der Waals surface area contributed by atoms with E-state index in [-0.39, 0.29) is 5.91 Å². The molecule has 2 aromatic rings. The minimum atomic E-state index is -0.0934. The third kappa shape index (κ3) is 2.59. The van der Waals surface area contributed by atoms with E-state index in [1.54, 1.807) is 13.2 Å². The molecule has 108 valence electrons. The molecule has 5 nitrogen and oxygen atoms in total. The van der Waals surface area contributed by atoms with Crippen LogP contribution in [0.5, 0.6) is 0 Å². The number of para-hydroxylation sites is 1. The van der Waals surface area contributed by atoms with Gasteiger partial charge in [-0.1, -0.05) is 25.1 Å². The smallest absolute Gasteiger partial charge is 0.278 e. The quantitative estimate of drug-likeness (QED) is 0.918. The van der Waals surface area contributed by atoms with Crippen molar-refractivity contribution in [2.45, 2.75) is 13.3 Å². The van der Waals surface area contributed by atoms with E-state index in [4.69, 9.17) is 0 Å². The molecule has 5 heteroatoms. The first-order valence-electron chi connectivity index (χ1n) is 7.08. The van der Waals surface area contributed by atoms with Gasteiger partial charge in [-0.3, -0.25) is 4.79 Å². The molecule has 0 radical (unpaired) electrons. The summed E-state index contributed by atoms with van der Waals surface area (Å²) in [5.74, 6) is 0.997. The standard InChI is InChI=1S/C16H18N4O/c1-11-7-12-5-3-4-6-14(12)20(10-11)16(21)13-8-19-15(17-2)9-18-13/h3-6,8-9,11H,7,10H2,1-2H3,(H,17,19). The molecule has 0 saturated carbocycles. The molecule has 1 amide bonds. The van der Waals surface area contributed by atoms with Crippen LogP contribution in [0.1, 0.15) is 23.0 Å². The fourth-order valence-corrected chi connectivity index (χ4v) is 2.69. The van der Waals surface area contributed by atoms with Crippen molar-refractivity contribution in [2.75, 3.05) is 23.8 Å². The number of hydrogen-bond donors (Lipinski definition) is 1. The van der Waals surface area contributed by atoms with E-state index in [1.807, 2.05) is 23.1 Å². The Kier molecular flexibility index (Phi) is 3.56. The molecule has 1 atom stereocenters. The molecule has 0 fully saturated rings. The van der Waals surface area contributed by atoms with Crippen molar-refractivity contribution in [1.29, 1.82) is 0 Å². The van der Waals surface area contributed by atoms with E-state index in [2.05, 4.69) is 28.3 Å². The summed E-state index contributed by atoms with van der Waals surface area (Å²) in [6.07, 6.45) is 4.10. The minimum Gasteiger partial charge on any atom is -0.372 e. The number of benzene rings is 1. The molecular formula is C16H18N4O. The molecule has 1 unspecified atom stereocenters. The zero-order valence-corrected chi connectivity index (χ0v) is 12.2. The summed E-state index contributed by atoms with van der Waals surface area (Å²) in [4.78, 5) is 22.9. The molecule has 3 rings (SSSR count). The molecule has 0 aliphatic carbocycles. The van der Waals surface area contributed by atoms with Gasteiger partial charge in [0.05, 0.1) is 12.4 Å². The van der Waals surface area contributed by atoms with Gasteiger partial charge < -0.3 is 10.2 Å². The second-order valence-electron chi connectivity index (χ2n) is 5.39. The van der Waals surface area contributed by atoms with E-state index >= 15 is 0 Å². The zero-order valence-electron chi connectivity index (χ0n) is 12.2. The van der Waals surface area contributed by atoms with E-state index in [9.17, 15) is 4.79 Å². The van der Waals surface area contributed by atoms with E-state index in [0.29, 0.717) is 24.0 Å². The Morgan fingerprint density at radius 1 is 1.29 bits per heavy atom. The lowest BCUT2D eigenvalue weighted by Gasteiger charge is -2.32. The first-order valence-corrected chi connectivity index (χ1v) is 7.08. The summed E-state index contributed by atoms with van der Waals surface area (Å²) < 4.78 is 0. The highest BCUT2D eigenvalue weighted by atomic mass is 16.2. The lowest BCUT2D eigenvalue weighted by atomic mass is 9.94. The number of rotatable bonds is 2. The number of hydrogen-bond acceptors (Lipinski definition) is 4. The Labute approximate surface area is 124 Å². The average molecular weight is 282 g/mol. The third-order valence-corrected chi connectivity index (χ3v) is 3.72. The predicted molar refractivity (Wildman–Crippen MR) is 82.6 cm³/mol. The lowest BCUT2D eigenvalue weighted by Crippen LogP contribution is -2.39. The summed E-state index contributed by atoms with van der Waals surface area (Å²) >= 11 is 0. The number of nitrogens with one attached hydrogen (secondary N) is 1. The van der Waals surface area contributed by atoms with Crippen LogP contribution in [0.15, 0.2) is 36.7 Å². The molecule has 21 heavy (non-hydrogen) atoms. The van der Waals surface area contributed by atoms with Crippen molar-refractivity contribution in [3.05, 3.63) is 47.9 Å². The largest absolute Gasteiger partial charge is 0.372 e. The van der Waals surface area contributed by atoms with Crippen LogP contribution in [0, 0.1) is 5.92 Å². The van der Waals surface area contributed by atoms with Crippen molar-refractivity contribution in [3.63, 3.8) is 0 Å². The number of carbonyl (C=O) groups excluding carboxylic acids is 1. The lowest BCUT2D eigenvalue weighted by molar-refractivity contribution is 0.0976. The van der Waals surface area contributed by atoms with Gasteiger partial charge in [-0.05, 0) is 24.0 Å². The second-order valence-corrected chi connectivity index (χ2v) is 5.39. The van der Waals surface area contributed by atoms with E-state index in [1.165, 1.54) is 11.8 Å². The van der Waals surface area contributed by atoms with Crippen molar-refractivity contribution >= 4 is 17.4 Å². The molecule has 2 heterocycles. The topological polar surface area (TPSA) is 58.1 Å². The molecule has 1 aromatic carbocycles. The van der Waals surface area contributed by atoms with Crippen LogP contribution in [-0.2, 0) is 6.42 Å². The summed E-state index contributed by atoms with van der Waals surface area (Å²) in [6, 6.07) is 8.06. The van der Waals surface area contributed by atoms with Crippen LogP contribution in [0.3, 0.4) is 0 Å². The van der Waals surface area contributed by atoms with Gasteiger partial charge in [-0.15, -0.1) is 0 Å². The predicted octanol–water partition coefficient (Wildman–Crippen LogP) is 2.36. The zero-order chi connectivity index (χ0) is 14.8. The van der Waals surface area contributed by atoms with Gasteiger partial charge in [0.25, 0.3) is 5.91 Å². The van der Waals surface area contributed by atoms with Crippen molar-refractivity contribution in [1.82, 2.24) is 9.97 Å². The Hall–Kier alpha value is -2.43. The van der Waals surface area contributed by atoms with Gasteiger partial charge in [0.15, 0.2) is 0 Å². The Morgan fingerprint density at radius 3 is 2.81 bits per heavy atom. The molecule has 1 aliphatic rings. The number of carbonyl (C=O) groups is 1. The van der Waals surface area contributed by atoms with Crippen LogP contribution in [0.4, 0.5) is 11.5 Å². The maximum atomic E-state index is 12.7. The highest BCUT2D eigenvalue weighted by molar-refractivity contribution is 6.05. The highest BCUT2D eigenvalue weighted by Crippen LogP contribution is 2.30. The molecule has 0 bridgehead atoms. The third-order valence-electron chi connectivity index (χ3n) is 3.72. The summed E-state index contributed by atoms with van der Waals surface area (Å²) in [5, 5.41) is 2.90. The van der Waals surface area contributed by atoms with Crippen molar-refractivity contribution < 1.29 is 4.79 Å². The minimum absolute atomic E-state index is 0.0934. The van der Waals surface area contributed by atoms with Gasteiger partial charge in [0.1, 0.15) is 11.5 Å². The monoisotopic (exact) mass is 282 g/mol. The number of aromatic nitrogens is 2. The molecular weight excluding hydrogens is 264 g/mol. The number of amides is 1. The SMILES string of the molecule is CNc1cnc(C(=O)N2CC(C)Cc3ccccc32)cn1.